The summed E-state index contributed by atoms with van der Waals surface area (Å²) in [5.74, 6) is 0.562. The second-order valence-electron chi connectivity index (χ2n) is 3.99. The number of nitrogens with zero attached hydrogens (tertiary/aromatic N) is 1. The van der Waals surface area contributed by atoms with Crippen LogP contribution in [-0.2, 0) is 4.79 Å². The second-order valence-corrected chi connectivity index (χ2v) is 3.99. The molecule has 3 nitrogen and oxygen atoms in total. The van der Waals surface area contributed by atoms with E-state index in [1.54, 1.807) is 0 Å². The summed E-state index contributed by atoms with van der Waals surface area (Å²) in [6.45, 7) is 6.19. The number of amides is 1. The Hall–Kier alpha value is -0.570. The van der Waals surface area contributed by atoms with Crippen molar-refractivity contribution in [3.05, 3.63) is 0 Å². The number of nitrogens with two attached hydrogens (primary N) is 1. The molecule has 2 unspecified atom stereocenters. The number of carbonyl (C=O) groups excluding carboxylic acids is 1. The molecule has 0 aromatic heterocycles. The Bertz CT molecular complexity index is 182. The van der Waals surface area contributed by atoms with E-state index in [2.05, 4.69) is 11.8 Å². The van der Waals surface area contributed by atoms with Gasteiger partial charge in [0.15, 0.2) is 0 Å². The lowest BCUT2D eigenvalue weighted by atomic mass is 9.94. The minimum atomic E-state index is -0.197. The van der Waals surface area contributed by atoms with Crippen molar-refractivity contribution in [1.29, 1.82) is 0 Å². The lowest BCUT2D eigenvalue weighted by Crippen LogP contribution is -2.47. The highest BCUT2D eigenvalue weighted by Crippen LogP contribution is 2.20. The first-order valence-electron chi connectivity index (χ1n) is 5.18. The first-order chi connectivity index (χ1) is 6.15. The minimum Gasteiger partial charge on any atom is -0.368 e. The molecule has 1 aliphatic heterocycles. The number of hydrogen-bond acceptors (Lipinski definition) is 2. The van der Waals surface area contributed by atoms with E-state index < -0.39 is 0 Å². The van der Waals surface area contributed by atoms with Crippen molar-refractivity contribution in [3.63, 3.8) is 0 Å². The smallest absolute Gasteiger partial charge is 0.234 e. The van der Waals surface area contributed by atoms with E-state index in [9.17, 15) is 4.79 Å². The van der Waals surface area contributed by atoms with Crippen molar-refractivity contribution in [1.82, 2.24) is 4.90 Å². The fourth-order valence-corrected chi connectivity index (χ4v) is 1.96. The molecule has 0 aromatic rings. The zero-order valence-corrected chi connectivity index (χ0v) is 8.62. The van der Waals surface area contributed by atoms with Crippen LogP contribution in [0.4, 0.5) is 0 Å². The molecule has 1 aliphatic rings. The summed E-state index contributed by atoms with van der Waals surface area (Å²) in [5.41, 5.74) is 5.27. The molecule has 0 spiro atoms. The van der Waals surface area contributed by atoms with Crippen LogP contribution < -0.4 is 5.73 Å². The van der Waals surface area contributed by atoms with Crippen molar-refractivity contribution >= 4 is 5.91 Å². The number of hydrogen-bond donors (Lipinski definition) is 1. The van der Waals surface area contributed by atoms with Crippen LogP contribution in [0.2, 0.25) is 0 Å². The largest absolute Gasteiger partial charge is 0.368 e. The standard InChI is InChI=1S/C10H20N2O/c1-3-9-5-4-6-12(7-9)8(2)10(11)13/h8-9H,3-7H2,1-2H3,(H2,11,13). The fraction of sp³-hybridized carbons (Fsp3) is 0.900. The van der Waals surface area contributed by atoms with Crippen LogP contribution in [-0.4, -0.2) is 29.9 Å². The van der Waals surface area contributed by atoms with Crippen LogP contribution in [0.25, 0.3) is 0 Å². The molecule has 0 radical (unpaired) electrons. The minimum absolute atomic E-state index is 0.0886. The van der Waals surface area contributed by atoms with Gasteiger partial charge < -0.3 is 5.73 Å². The second kappa shape index (κ2) is 4.61. The first-order valence-corrected chi connectivity index (χ1v) is 5.18. The van der Waals surface area contributed by atoms with Gasteiger partial charge in [-0.15, -0.1) is 0 Å². The highest BCUT2D eigenvalue weighted by atomic mass is 16.1. The molecule has 1 amide bonds. The van der Waals surface area contributed by atoms with Gasteiger partial charge in [-0.2, -0.15) is 0 Å². The number of carbonyl (C=O) groups is 1. The molecule has 0 bridgehead atoms. The third kappa shape index (κ3) is 2.69. The van der Waals surface area contributed by atoms with Crippen LogP contribution in [0, 0.1) is 5.92 Å². The van der Waals surface area contributed by atoms with E-state index in [-0.39, 0.29) is 11.9 Å². The number of primary amides is 1. The summed E-state index contributed by atoms with van der Waals surface area (Å²) in [5, 5.41) is 0. The van der Waals surface area contributed by atoms with Gasteiger partial charge in [0.05, 0.1) is 6.04 Å². The van der Waals surface area contributed by atoms with Gasteiger partial charge in [0.25, 0.3) is 0 Å². The molecule has 76 valence electrons. The van der Waals surface area contributed by atoms with Gasteiger partial charge in [0.1, 0.15) is 0 Å². The molecule has 2 N–H and O–H groups in total. The van der Waals surface area contributed by atoms with Gasteiger partial charge in [-0.05, 0) is 32.2 Å². The van der Waals surface area contributed by atoms with E-state index in [4.69, 9.17) is 5.73 Å². The molecule has 1 rings (SSSR count). The fourth-order valence-electron chi connectivity index (χ4n) is 1.96. The Morgan fingerprint density at radius 1 is 1.69 bits per heavy atom. The third-order valence-corrected chi connectivity index (χ3v) is 3.09. The van der Waals surface area contributed by atoms with E-state index in [0.29, 0.717) is 0 Å². The molecule has 1 heterocycles. The van der Waals surface area contributed by atoms with Gasteiger partial charge in [-0.3, -0.25) is 9.69 Å². The number of rotatable bonds is 3. The topological polar surface area (TPSA) is 46.3 Å². The summed E-state index contributed by atoms with van der Waals surface area (Å²) in [7, 11) is 0. The third-order valence-electron chi connectivity index (χ3n) is 3.09. The van der Waals surface area contributed by atoms with Crippen molar-refractivity contribution in [3.8, 4) is 0 Å². The van der Waals surface area contributed by atoms with Crippen LogP contribution in [0.3, 0.4) is 0 Å². The van der Waals surface area contributed by atoms with E-state index in [1.807, 2.05) is 6.92 Å². The van der Waals surface area contributed by atoms with E-state index in [0.717, 1.165) is 19.0 Å². The summed E-state index contributed by atoms with van der Waals surface area (Å²) in [4.78, 5) is 13.2. The molecular formula is C10H20N2O. The van der Waals surface area contributed by atoms with Crippen molar-refractivity contribution in [2.24, 2.45) is 11.7 Å². The highest BCUT2D eigenvalue weighted by Gasteiger charge is 2.24. The first kappa shape index (κ1) is 10.5. The molecular weight excluding hydrogens is 164 g/mol. The SMILES string of the molecule is CCC1CCCN(C(C)C(N)=O)C1. The van der Waals surface area contributed by atoms with Gasteiger partial charge >= 0.3 is 0 Å². The van der Waals surface area contributed by atoms with Crippen LogP contribution in [0.5, 0.6) is 0 Å². The number of likely N-dealkylation sites (tertiary alicyclic amines) is 1. The van der Waals surface area contributed by atoms with Crippen molar-refractivity contribution in [2.75, 3.05) is 13.1 Å². The molecule has 0 aromatic carbocycles. The average molecular weight is 184 g/mol. The predicted molar refractivity (Wildman–Crippen MR) is 53.2 cm³/mol. The Labute approximate surface area is 80.3 Å². The maximum atomic E-state index is 11.0. The summed E-state index contributed by atoms with van der Waals surface area (Å²) in [6, 6.07) is -0.0886. The van der Waals surface area contributed by atoms with Crippen molar-refractivity contribution in [2.45, 2.75) is 39.2 Å². The Kier molecular flexibility index (Phi) is 3.72. The van der Waals surface area contributed by atoms with Crippen LogP contribution >= 0.6 is 0 Å². The van der Waals surface area contributed by atoms with Gasteiger partial charge in [0.2, 0.25) is 5.91 Å². The highest BCUT2D eigenvalue weighted by molar-refractivity contribution is 5.79. The average Bonchev–Trinajstić information content (AvgIpc) is 2.16. The predicted octanol–water partition coefficient (Wildman–Crippen LogP) is 0.982. The Morgan fingerprint density at radius 3 is 2.92 bits per heavy atom. The summed E-state index contributed by atoms with van der Waals surface area (Å²) < 4.78 is 0. The molecule has 1 fully saturated rings. The van der Waals surface area contributed by atoms with Gasteiger partial charge in [-0.25, -0.2) is 0 Å². The monoisotopic (exact) mass is 184 g/mol. The molecule has 13 heavy (non-hydrogen) atoms. The molecule has 3 heteroatoms. The lowest BCUT2D eigenvalue weighted by molar-refractivity contribution is -0.123. The molecule has 0 aliphatic carbocycles. The zero-order valence-electron chi connectivity index (χ0n) is 8.62. The normalized spacial score (nSPS) is 27.1. The Morgan fingerprint density at radius 2 is 2.38 bits per heavy atom. The number of piperidine rings is 1. The zero-order chi connectivity index (χ0) is 9.84. The van der Waals surface area contributed by atoms with E-state index in [1.165, 1.54) is 19.3 Å². The molecule has 1 saturated heterocycles. The van der Waals surface area contributed by atoms with Gasteiger partial charge in [0, 0.05) is 6.54 Å². The summed E-state index contributed by atoms with van der Waals surface area (Å²) in [6.07, 6.45) is 3.72. The molecule has 2 atom stereocenters. The van der Waals surface area contributed by atoms with E-state index >= 15 is 0 Å². The summed E-state index contributed by atoms with van der Waals surface area (Å²) >= 11 is 0. The van der Waals surface area contributed by atoms with Crippen molar-refractivity contribution < 1.29 is 4.79 Å². The lowest BCUT2D eigenvalue weighted by Gasteiger charge is -2.35. The quantitative estimate of drug-likeness (QED) is 0.710. The van der Waals surface area contributed by atoms with Crippen LogP contribution in [0.15, 0.2) is 0 Å². The Balaban J connectivity index is 2.46. The molecule has 0 saturated carbocycles. The maximum absolute atomic E-state index is 11.0. The van der Waals surface area contributed by atoms with Crippen LogP contribution in [0.1, 0.15) is 33.1 Å². The van der Waals surface area contributed by atoms with Gasteiger partial charge in [-0.1, -0.05) is 13.3 Å². The maximum Gasteiger partial charge on any atom is 0.234 e.